The number of fused-ring (bicyclic) bond motifs is 1. The summed E-state index contributed by atoms with van der Waals surface area (Å²) in [5.74, 6) is 0. The minimum Gasteiger partial charge on any atom is -0.374 e. The van der Waals surface area contributed by atoms with Gasteiger partial charge in [0.2, 0.25) is 0 Å². The first-order valence-electron chi connectivity index (χ1n) is 5.48. The van der Waals surface area contributed by atoms with Crippen molar-refractivity contribution >= 4 is 5.69 Å². The van der Waals surface area contributed by atoms with Gasteiger partial charge in [-0.1, -0.05) is 32.0 Å². The summed E-state index contributed by atoms with van der Waals surface area (Å²) < 4.78 is 0. The van der Waals surface area contributed by atoms with E-state index in [1.54, 1.807) is 0 Å². The van der Waals surface area contributed by atoms with Crippen LogP contribution < -0.4 is 4.90 Å². The molecule has 14 heavy (non-hydrogen) atoms. The minimum absolute atomic E-state index is 0.392. The lowest BCUT2D eigenvalue weighted by atomic mass is 9.74. The molecule has 1 unspecified atom stereocenters. The number of benzene rings is 1. The highest BCUT2D eigenvalue weighted by Gasteiger charge is 2.31. The maximum atomic E-state index is 2.39. The van der Waals surface area contributed by atoms with E-state index in [4.69, 9.17) is 0 Å². The first kappa shape index (κ1) is 9.57. The third-order valence-electron chi connectivity index (χ3n) is 3.74. The molecule has 1 heteroatoms. The minimum atomic E-state index is 0.392. The van der Waals surface area contributed by atoms with Crippen LogP contribution in [0, 0.1) is 0 Å². The fraction of sp³-hybridized carbons (Fsp3) is 0.538. The van der Waals surface area contributed by atoms with Crippen molar-refractivity contribution in [3.63, 3.8) is 0 Å². The van der Waals surface area contributed by atoms with E-state index in [0.29, 0.717) is 5.41 Å². The van der Waals surface area contributed by atoms with Gasteiger partial charge in [-0.25, -0.2) is 0 Å². The van der Waals surface area contributed by atoms with E-state index in [9.17, 15) is 0 Å². The Kier molecular flexibility index (Phi) is 2.26. The Morgan fingerprint density at radius 2 is 2.07 bits per heavy atom. The van der Waals surface area contributed by atoms with E-state index in [1.165, 1.54) is 30.6 Å². The Bertz CT molecular complexity index is 332. The molecule has 1 atom stereocenters. The van der Waals surface area contributed by atoms with Gasteiger partial charge >= 0.3 is 0 Å². The summed E-state index contributed by atoms with van der Waals surface area (Å²) in [7, 11) is 2.19. The molecular formula is C13H19N. The molecule has 2 rings (SSSR count). The van der Waals surface area contributed by atoms with Crippen molar-refractivity contribution in [3.05, 3.63) is 29.8 Å². The molecule has 0 spiro atoms. The van der Waals surface area contributed by atoms with Crippen molar-refractivity contribution in [2.45, 2.75) is 32.1 Å². The van der Waals surface area contributed by atoms with Crippen LogP contribution in [-0.4, -0.2) is 13.6 Å². The highest BCUT2D eigenvalue weighted by Crippen LogP contribution is 2.40. The fourth-order valence-electron chi connectivity index (χ4n) is 2.35. The highest BCUT2D eigenvalue weighted by molar-refractivity contribution is 5.58. The van der Waals surface area contributed by atoms with E-state index in [1.807, 2.05) is 0 Å². The number of hydrogen-bond acceptors (Lipinski definition) is 1. The lowest BCUT2D eigenvalue weighted by Gasteiger charge is -2.40. The number of nitrogens with zero attached hydrogens (tertiary/aromatic N) is 1. The molecule has 0 N–H and O–H groups in total. The summed E-state index contributed by atoms with van der Waals surface area (Å²) in [4.78, 5) is 2.37. The van der Waals surface area contributed by atoms with Crippen molar-refractivity contribution < 1.29 is 0 Å². The fourth-order valence-corrected chi connectivity index (χ4v) is 2.35. The van der Waals surface area contributed by atoms with E-state index in [0.717, 1.165) is 0 Å². The average molecular weight is 189 g/mol. The van der Waals surface area contributed by atoms with Crippen LogP contribution in [0.15, 0.2) is 24.3 Å². The molecule has 0 radical (unpaired) electrons. The van der Waals surface area contributed by atoms with Gasteiger partial charge in [0, 0.05) is 19.3 Å². The summed E-state index contributed by atoms with van der Waals surface area (Å²) in [6.45, 7) is 5.86. The summed E-state index contributed by atoms with van der Waals surface area (Å²) >= 11 is 0. The van der Waals surface area contributed by atoms with Crippen molar-refractivity contribution in [1.82, 2.24) is 0 Å². The van der Waals surface area contributed by atoms with E-state index in [2.05, 4.69) is 50.1 Å². The number of rotatable bonds is 1. The molecule has 0 saturated carbocycles. The van der Waals surface area contributed by atoms with Crippen LogP contribution in [0.5, 0.6) is 0 Å². The second-order valence-corrected chi connectivity index (χ2v) is 4.60. The maximum absolute atomic E-state index is 2.39. The van der Waals surface area contributed by atoms with Crippen molar-refractivity contribution in [2.24, 2.45) is 0 Å². The molecular weight excluding hydrogens is 170 g/mol. The molecule has 0 fully saturated rings. The first-order chi connectivity index (χ1) is 6.67. The van der Waals surface area contributed by atoms with Gasteiger partial charge in [-0.2, -0.15) is 0 Å². The lowest BCUT2D eigenvalue weighted by Crippen LogP contribution is -2.36. The van der Waals surface area contributed by atoms with Gasteiger partial charge in [0.05, 0.1) is 0 Å². The molecule has 1 heterocycles. The van der Waals surface area contributed by atoms with Gasteiger partial charge in [-0.05, 0) is 29.9 Å². The molecule has 0 aliphatic carbocycles. The van der Waals surface area contributed by atoms with Crippen molar-refractivity contribution in [3.8, 4) is 0 Å². The smallest absolute Gasteiger partial charge is 0.0401 e. The largest absolute Gasteiger partial charge is 0.374 e. The van der Waals surface area contributed by atoms with Crippen LogP contribution in [0.25, 0.3) is 0 Å². The zero-order chi connectivity index (χ0) is 10.2. The molecule has 1 nitrogen and oxygen atoms in total. The van der Waals surface area contributed by atoms with Gasteiger partial charge in [0.15, 0.2) is 0 Å². The Balaban J connectivity index is 2.52. The summed E-state index contributed by atoms with van der Waals surface area (Å²) in [5, 5.41) is 0. The molecule has 76 valence electrons. The van der Waals surface area contributed by atoms with Crippen LogP contribution in [0.3, 0.4) is 0 Å². The van der Waals surface area contributed by atoms with E-state index in [-0.39, 0.29) is 0 Å². The van der Waals surface area contributed by atoms with Crippen LogP contribution >= 0.6 is 0 Å². The molecule has 1 aliphatic heterocycles. The highest BCUT2D eigenvalue weighted by atomic mass is 15.1. The van der Waals surface area contributed by atoms with Gasteiger partial charge in [-0.15, -0.1) is 0 Å². The van der Waals surface area contributed by atoms with Gasteiger partial charge in [-0.3, -0.25) is 0 Å². The number of para-hydroxylation sites is 1. The van der Waals surface area contributed by atoms with Crippen molar-refractivity contribution in [2.75, 3.05) is 18.5 Å². The van der Waals surface area contributed by atoms with Crippen LogP contribution in [0.4, 0.5) is 5.69 Å². The number of hydrogen-bond donors (Lipinski definition) is 0. The third kappa shape index (κ3) is 1.31. The Morgan fingerprint density at radius 1 is 1.36 bits per heavy atom. The monoisotopic (exact) mass is 189 g/mol. The molecule has 0 amide bonds. The summed E-state index contributed by atoms with van der Waals surface area (Å²) in [5.41, 5.74) is 3.34. The van der Waals surface area contributed by atoms with Gasteiger partial charge in [0.25, 0.3) is 0 Å². The van der Waals surface area contributed by atoms with Crippen LogP contribution in [-0.2, 0) is 5.41 Å². The predicted octanol–water partition coefficient (Wildman–Crippen LogP) is 3.19. The Hall–Kier alpha value is -0.980. The standard InChI is InChI=1S/C13H19N/c1-4-13(2)9-10-14(3)12-8-6-5-7-11(12)13/h5-8H,4,9-10H2,1-3H3. The second kappa shape index (κ2) is 3.30. The van der Waals surface area contributed by atoms with E-state index >= 15 is 0 Å². The SMILES string of the molecule is CCC1(C)CCN(C)c2ccccc21. The Labute approximate surface area is 86.7 Å². The topological polar surface area (TPSA) is 3.24 Å². The summed E-state index contributed by atoms with van der Waals surface area (Å²) in [6.07, 6.45) is 2.51. The first-order valence-corrected chi connectivity index (χ1v) is 5.48. The zero-order valence-electron chi connectivity index (χ0n) is 9.38. The molecule has 0 bridgehead atoms. The molecule has 1 aromatic carbocycles. The van der Waals surface area contributed by atoms with Crippen LogP contribution in [0.1, 0.15) is 32.3 Å². The van der Waals surface area contributed by atoms with E-state index < -0.39 is 0 Å². The molecule has 1 aromatic rings. The van der Waals surface area contributed by atoms with Crippen LogP contribution in [0.2, 0.25) is 0 Å². The molecule has 1 aliphatic rings. The average Bonchev–Trinajstić information content (AvgIpc) is 2.24. The summed E-state index contributed by atoms with van der Waals surface area (Å²) in [6, 6.07) is 8.82. The van der Waals surface area contributed by atoms with Gasteiger partial charge in [0.1, 0.15) is 0 Å². The quantitative estimate of drug-likeness (QED) is 0.655. The van der Waals surface area contributed by atoms with Gasteiger partial charge < -0.3 is 4.90 Å². The molecule has 0 aromatic heterocycles. The maximum Gasteiger partial charge on any atom is 0.0401 e. The second-order valence-electron chi connectivity index (χ2n) is 4.60. The number of anilines is 1. The lowest BCUT2D eigenvalue weighted by molar-refractivity contribution is 0.406. The van der Waals surface area contributed by atoms with Crippen molar-refractivity contribution in [1.29, 1.82) is 0 Å². The zero-order valence-corrected chi connectivity index (χ0v) is 9.38. The predicted molar refractivity (Wildman–Crippen MR) is 62.0 cm³/mol. The molecule has 0 saturated heterocycles. The third-order valence-corrected chi connectivity index (χ3v) is 3.74. The normalized spacial score (nSPS) is 26.1. The Morgan fingerprint density at radius 3 is 2.79 bits per heavy atom.